The second-order valence-corrected chi connectivity index (χ2v) is 10.5. The Bertz CT molecular complexity index is 1440. The number of benzene rings is 2. The first kappa shape index (κ1) is 20.7. The van der Waals surface area contributed by atoms with Crippen molar-refractivity contribution in [2.75, 3.05) is 26.3 Å². The zero-order chi connectivity index (χ0) is 22.8. The van der Waals surface area contributed by atoms with Gasteiger partial charge in [-0.2, -0.15) is 9.57 Å². The lowest BCUT2D eigenvalue weighted by Crippen LogP contribution is -2.40. The summed E-state index contributed by atoms with van der Waals surface area (Å²) in [5, 5.41) is 20.6. The highest BCUT2D eigenvalue weighted by molar-refractivity contribution is 7.89. The highest BCUT2D eigenvalue weighted by Gasteiger charge is 2.42. The molecule has 8 nitrogen and oxygen atoms in total. The highest BCUT2D eigenvalue weighted by atomic mass is 32.2. The van der Waals surface area contributed by atoms with Crippen molar-refractivity contribution in [2.24, 2.45) is 0 Å². The number of hydrogen-bond donors (Lipinski definition) is 2. The summed E-state index contributed by atoms with van der Waals surface area (Å²) < 4.78 is 32.9. The topological polar surface area (TPSA) is 123 Å². The maximum atomic E-state index is 13.6. The van der Waals surface area contributed by atoms with Crippen LogP contribution in [0.25, 0.3) is 10.9 Å². The summed E-state index contributed by atoms with van der Waals surface area (Å²) in [5.74, 6) is -0.703. The van der Waals surface area contributed by atoms with Gasteiger partial charge in [0.05, 0.1) is 30.4 Å². The number of carbonyl (C=O) groups excluding carboxylic acids is 1. The van der Waals surface area contributed by atoms with Crippen molar-refractivity contribution >= 4 is 26.7 Å². The van der Waals surface area contributed by atoms with Gasteiger partial charge in [0.15, 0.2) is 5.78 Å². The molecule has 0 amide bonds. The molecule has 164 valence electrons. The van der Waals surface area contributed by atoms with Crippen LogP contribution in [0.5, 0.6) is 5.75 Å². The number of nitrogens with one attached hydrogen (secondary N) is 1. The zero-order valence-electron chi connectivity index (χ0n) is 17.6. The smallest absolute Gasteiger partial charge is 0.246 e. The molecular formula is C23H21N3O5S. The third-order valence-corrected chi connectivity index (χ3v) is 8.31. The molecule has 5 rings (SSSR count). The average molecular weight is 452 g/mol. The minimum Gasteiger partial charge on any atom is -0.507 e. The number of H-pyrrole nitrogens is 1. The predicted molar refractivity (Wildman–Crippen MR) is 116 cm³/mol. The van der Waals surface area contributed by atoms with Gasteiger partial charge in [-0.3, -0.25) is 4.79 Å². The van der Waals surface area contributed by atoms with Crippen LogP contribution in [0, 0.1) is 11.3 Å². The number of fused-ring (bicyclic) bond motifs is 4. The number of aromatic amines is 1. The number of phenolic OH excluding ortho intramolecular Hbond substituents is 1. The molecule has 1 fully saturated rings. The van der Waals surface area contributed by atoms with E-state index in [4.69, 9.17) is 4.74 Å². The molecular weight excluding hydrogens is 430 g/mol. The summed E-state index contributed by atoms with van der Waals surface area (Å²) in [6.45, 7) is 4.75. The molecule has 0 radical (unpaired) electrons. The van der Waals surface area contributed by atoms with Crippen LogP contribution in [0.2, 0.25) is 0 Å². The highest BCUT2D eigenvalue weighted by Crippen LogP contribution is 2.46. The van der Waals surface area contributed by atoms with Crippen LogP contribution in [-0.4, -0.2) is 54.9 Å². The van der Waals surface area contributed by atoms with E-state index in [0.29, 0.717) is 33.3 Å². The Morgan fingerprint density at radius 1 is 1.19 bits per heavy atom. The van der Waals surface area contributed by atoms with Crippen LogP contribution in [-0.2, 0) is 20.2 Å². The standard InChI is InChI=1S/C23H21N3O5S/c1-23(2)16-11-18(27)19(32(29,30)26-5-7-31-8-6-26)10-15(16)21(28)20-14-4-3-13(12-24)9-17(14)25-22(20)23/h3-4,9-11,25,27H,5-8H2,1-2H3. The van der Waals surface area contributed by atoms with E-state index in [1.165, 1.54) is 16.4 Å². The average Bonchev–Trinajstić information content (AvgIpc) is 3.18. The number of nitrogens with zero attached hydrogens (tertiary/aromatic N) is 2. The summed E-state index contributed by atoms with van der Waals surface area (Å²) in [6, 6.07) is 9.84. The number of phenols is 1. The largest absolute Gasteiger partial charge is 0.507 e. The van der Waals surface area contributed by atoms with Crippen molar-refractivity contribution in [3.8, 4) is 11.8 Å². The first-order chi connectivity index (χ1) is 15.2. The van der Waals surface area contributed by atoms with Crippen molar-refractivity contribution < 1.29 is 23.1 Å². The SMILES string of the molecule is CC1(C)c2cc(O)c(S(=O)(=O)N3CCOCC3)cc2C(=O)c2c1[nH]c1cc(C#N)ccc21. The quantitative estimate of drug-likeness (QED) is 0.617. The maximum Gasteiger partial charge on any atom is 0.246 e. The lowest BCUT2D eigenvalue weighted by Gasteiger charge is -2.33. The Labute approximate surface area is 185 Å². The first-order valence-corrected chi connectivity index (χ1v) is 11.7. The minimum absolute atomic E-state index is 0.187. The van der Waals surface area contributed by atoms with Gasteiger partial charge < -0.3 is 14.8 Å². The molecule has 32 heavy (non-hydrogen) atoms. The van der Waals surface area contributed by atoms with Crippen LogP contribution in [0.3, 0.4) is 0 Å². The molecule has 2 aliphatic rings. The lowest BCUT2D eigenvalue weighted by atomic mass is 9.71. The number of morpholine rings is 1. The fourth-order valence-corrected chi connectivity index (χ4v) is 6.14. The molecule has 1 aliphatic heterocycles. The molecule has 0 saturated carbocycles. The number of aromatic nitrogens is 1. The lowest BCUT2D eigenvalue weighted by molar-refractivity contribution is 0.0729. The molecule has 0 spiro atoms. The molecule has 1 aliphatic carbocycles. The summed E-state index contributed by atoms with van der Waals surface area (Å²) in [4.78, 5) is 16.6. The van der Waals surface area contributed by atoms with Crippen LogP contribution in [0.1, 0.15) is 46.6 Å². The van der Waals surface area contributed by atoms with Gasteiger partial charge in [-0.15, -0.1) is 0 Å². The fraction of sp³-hybridized carbons (Fsp3) is 0.304. The van der Waals surface area contributed by atoms with E-state index in [9.17, 15) is 23.6 Å². The van der Waals surface area contributed by atoms with Crippen LogP contribution in [0.15, 0.2) is 35.2 Å². The van der Waals surface area contributed by atoms with E-state index in [1.54, 1.807) is 18.2 Å². The van der Waals surface area contributed by atoms with Gasteiger partial charge >= 0.3 is 0 Å². The molecule has 1 saturated heterocycles. The first-order valence-electron chi connectivity index (χ1n) is 10.2. The van der Waals surface area contributed by atoms with Gasteiger partial charge in [0.2, 0.25) is 10.0 Å². The van der Waals surface area contributed by atoms with Gasteiger partial charge in [0, 0.05) is 40.7 Å². The van der Waals surface area contributed by atoms with E-state index < -0.39 is 15.4 Å². The molecule has 3 aromatic rings. The van der Waals surface area contributed by atoms with Gasteiger partial charge in [0.25, 0.3) is 0 Å². The Hall–Kier alpha value is -3.19. The van der Waals surface area contributed by atoms with E-state index >= 15 is 0 Å². The molecule has 9 heteroatoms. The van der Waals surface area contributed by atoms with Crippen LogP contribution >= 0.6 is 0 Å². The summed E-state index contributed by atoms with van der Waals surface area (Å²) >= 11 is 0. The molecule has 2 heterocycles. The maximum absolute atomic E-state index is 13.6. The summed E-state index contributed by atoms with van der Waals surface area (Å²) in [5.41, 5.74) is 2.34. The Balaban J connectivity index is 1.72. The minimum atomic E-state index is -4.00. The van der Waals surface area contributed by atoms with E-state index in [1.807, 2.05) is 13.8 Å². The second kappa shape index (κ2) is 6.90. The van der Waals surface area contributed by atoms with Crippen molar-refractivity contribution in [3.05, 3.63) is 58.3 Å². The van der Waals surface area contributed by atoms with E-state index in [-0.39, 0.29) is 48.3 Å². The monoisotopic (exact) mass is 451 g/mol. The molecule has 0 atom stereocenters. The number of ketones is 1. The Kier molecular flexibility index (Phi) is 4.47. The molecule has 0 unspecified atom stereocenters. The molecule has 2 N–H and O–H groups in total. The fourth-order valence-electron chi connectivity index (χ4n) is 4.65. The number of sulfonamides is 1. The number of hydrogen-bond acceptors (Lipinski definition) is 6. The molecule has 1 aromatic heterocycles. The number of ether oxygens (including phenoxy) is 1. The van der Waals surface area contributed by atoms with Gasteiger partial charge in [-0.05, 0) is 29.8 Å². The van der Waals surface area contributed by atoms with Crippen molar-refractivity contribution in [1.29, 1.82) is 5.26 Å². The zero-order valence-corrected chi connectivity index (χ0v) is 18.4. The predicted octanol–water partition coefficient (Wildman–Crippen LogP) is 2.64. The third kappa shape index (κ3) is 2.80. The van der Waals surface area contributed by atoms with E-state index in [2.05, 4.69) is 11.1 Å². The van der Waals surface area contributed by atoms with Crippen LogP contribution < -0.4 is 0 Å². The number of carbonyl (C=O) groups is 1. The Morgan fingerprint density at radius 3 is 2.59 bits per heavy atom. The summed E-state index contributed by atoms with van der Waals surface area (Å²) in [6.07, 6.45) is 0. The van der Waals surface area contributed by atoms with Crippen LogP contribution in [0.4, 0.5) is 0 Å². The number of aromatic hydroxyl groups is 1. The van der Waals surface area contributed by atoms with Crippen molar-refractivity contribution in [2.45, 2.75) is 24.2 Å². The molecule has 2 aromatic carbocycles. The second-order valence-electron chi connectivity index (χ2n) is 8.58. The normalized spacial score (nSPS) is 18.2. The summed E-state index contributed by atoms with van der Waals surface area (Å²) in [7, 11) is -4.00. The van der Waals surface area contributed by atoms with Crippen molar-refractivity contribution in [1.82, 2.24) is 9.29 Å². The number of rotatable bonds is 2. The van der Waals surface area contributed by atoms with Crippen molar-refractivity contribution in [3.63, 3.8) is 0 Å². The van der Waals surface area contributed by atoms with E-state index in [0.717, 1.165) is 0 Å². The number of nitriles is 1. The third-order valence-electron chi connectivity index (χ3n) is 6.38. The van der Waals surface area contributed by atoms with Gasteiger partial charge in [-0.1, -0.05) is 19.9 Å². The van der Waals surface area contributed by atoms with Gasteiger partial charge in [0.1, 0.15) is 10.6 Å². The van der Waals surface area contributed by atoms with Gasteiger partial charge in [-0.25, -0.2) is 8.42 Å². The Morgan fingerprint density at radius 2 is 1.91 bits per heavy atom. The molecule has 0 bridgehead atoms.